The fourth-order valence-electron chi connectivity index (χ4n) is 2.50. The SMILES string of the molecule is C[C@@H](N)C1CCC2(CCOCC2)CO1. The zero-order valence-electron chi connectivity index (χ0n) is 9.00. The van der Waals surface area contributed by atoms with Crippen LogP contribution in [0.1, 0.15) is 32.6 Å². The zero-order chi connectivity index (χ0) is 10.0. The number of ether oxygens (including phenoxy) is 2. The molecule has 2 aliphatic heterocycles. The summed E-state index contributed by atoms with van der Waals surface area (Å²) >= 11 is 0. The number of hydrogen-bond acceptors (Lipinski definition) is 3. The predicted octanol–water partition coefficient (Wildman–Crippen LogP) is 1.31. The van der Waals surface area contributed by atoms with Gasteiger partial charge in [-0.25, -0.2) is 0 Å². The molecule has 0 aromatic carbocycles. The molecule has 2 atom stereocenters. The van der Waals surface area contributed by atoms with E-state index < -0.39 is 0 Å². The van der Waals surface area contributed by atoms with Crippen LogP contribution in [0.25, 0.3) is 0 Å². The van der Waals surface area contributed by atoms with E-state index >= 15 is 0 Å². The van der Waals surface area contributed by atoms with Gasteiger partial charge in [0.05, 0.1) is 12.7 Å². The molecule has 0 aromatic rings. The minimum Gasteiger partial charge on any atom is -0.381 e. The van der Waals surface area contributed by atoms with Crippen molar-refractivity contribution < 1.29 is 9.47 Å². The van der Waals surface area contributed by atoms with Gasteiger partial charge in [-0.3, -0.25) is 0 Å². The molecule has 0 amide bonds. The van der Waals surface area contributed by atoms with E-state index in [9.17, 15) is 0 Å². The first-order valence-electron chi connectivity index (χ1n) is 5.67. The van der Waals surface area contributed by atoms with Crippen LogP contribution in [0.2, 0.25) is 0 Å². The van der Waals surface area contributed by atoms with Gasteiger partial charge in [-0.05, 0) is 38.0 Å². The third-order valence-electron chi connectivity index (χ3n) is 3.70. The Hall–Kier alpha value is -0.120. The minimum atomic E-state index is 0.173. The Morgan fingerprint density at radius 2 is 2.00 bits per heavy atom. The second-order valence-corrected chi connectivity index (χ2v) is 4.86. The number of nitrogens with two attached hydrogens (primary N) is 1. The van der Waals surface area contributed by atoms with E-state index in [1.807, 2.05) is 6.92 Å². The predicted molar refractivity (Wildman–Crippen MR) is 55.1 cm³/mol. The van der Waals surface area contributed by atoms with Crippen LogP contribution >= 0.6 is 0 Å². The van der Waals surface area contributed by atoms with Crippen LogP contribution < -0.4 is 5.73 Å². The molecule has 2 rings (SSSR count). The summed E-state index contributed by atoms with van der Waals surface area (Å²) in [5.74, 6) is 0. The van der Waals surface area contributed by atoms with Crippen molar-refractivity contribution in [3.8, 4) is 0 Å². The van der Waals surface area contributed by atoms with E-state index in [0.29, 0.717) is 5.41 Å². The normalized spacial score (nSPS) is 34.3. The molecule has 3 nitrogen and oxygen atoms in total. The lowest BCUT2D eigenvalue weighted by atomic mass is 9.74. The van der Waals surface area contributed by atoms with Gasteiger partial charge in [-0.15, -0.1) is 0 Å². The Labute approximate surface area is 85.9 Å². The van der Waals surface area contributed by atoms with Gasteiger partial charge in [-0.2, -0.15) is 0 Å². The first kappa shape index (κ1) is 10.4. The van der Waals surface area contributed by atoms with Crippen LogP contribution in [0, 0.1) is 5.41 Å². The van der Waals surface area contributed by atoms with Crippen LogP contribution in [-0.2, 0) is 9.47 Å². The van der Waals surface area contributed by atoms with Gasteiger partial charge in [0, 0.05) is 19.3 Å². The average Bonchev–Trinajstić information content (AvgIpc) is 2.19. The van der Waals surface area contributed by atoms with Gasteiger partial charge in [0.2, 0.25) is 0 Å². The van der Waals surface area contributed by atoms with E-state index in [1.165, 1.54) is 19.3 Å². The molecule has 2 fully saturated rings. The molecular weight excluding hydrogens is 178 g/mol. The molecule has 82 valence electrons. The smallest absolute Gasteiger partial charge is 0.0723 e. The van der Waals surface area contributed by atoms with Crippen LogP contribution in [-0.4, -0.2) is 32.0 Å². The fourth-order valence-corrected chi connectivity index (χ4v) is 2.50. The van der Waals surface area contributed by atoms with Gasteiger partial charge in [0.1, 0.15) is 0 Å². The Balaban J connectivity index is 1.87. The van der Waals surface area contributed by atoms with Crippen LogP contribution in [0.5, 0.6) is 0 Å². The minimum absolute atomic E-state index is 0.173. The zero-order valence-corrected chi connectivity index (χ0v) is 9.00. The molecule has 0 radical (unpaired) electrons. The standard InChI is InChI=1S/C11H21NO2/c1-9(12)10-2-3-11(8-14-10)4-6-13-7-5-11/h9-10H,2-8,12H2,1H3/t9-,10?/m1/s1. The monoisotopic (exact) mass is 199 g/mol. The highest BCUT2D eigenvalue weighted by atomic mass is 16.5. The first-order valence-corrected chi connectivity index (χ1v) is 5.67. The van der Waals surface area contributed by atoms with E-state index in [0.717, 1.165) is 26.2 Å². The lowest BCUT2D eigenvalue weighted by Crippen LogP contribution is -2.45. The first-order chi connectivity index (χ1) is 6.72. The van der Waals surface area contributed by atoms with Crippen molar-refractivity contribution in [2.45, 2.75) is 44.8 Å². The highest BCUT2D eigenvalue weighted by Gasteiger charge is 2.38. The summed E-state index contributed by atoms with van der Waals surface area (Å²) in [6.07, 6.45) is 5.00. The van der Waals surface area contributed by atoms with Gasteiger partial charge in [-0.1, -0.05) is 0 Å². The quantitative estimate of drug-likeness (QED) is 0.692. The Bertz CT molecular complexity index is 178. The molecule has 1 unspecified atom stereocenters. The van der Waals surface area contributed by atoms with Crippen molar-refractivity contribution in [3.05, 3.63) is 0 Å². The summed E-state index contributed by atoms with van der Waals surface area (Å²) < 4.78 is 11.2. The van der Waals surface area contributed by atoms with Crippen molar-refractivity contribution in [2.24, 2.45) is 11.1 Å². The van der Waals surface area contributed by atoms with Crippen molar-refractivity contribution in [3.63, 3.8) is 0 Å². The van der Waals surface area contributed by atoms with Crippen molar-refractivity contribution >= 4 is 0 Å². The third-order valence-corrected chi connectivity index (χ3v) is 3.70. The molecule has 1 spiro atoms. The molecule has 0 aromatic heterocycles. The molecule has 0 bridgehead atoms. The maximum atomic E-state index is 5.85. The Morgan fingerprint density at radius 1 is 1.29 bits per heavy atom. The lowest BCUT2D eigenvalue weighted by Gasteiger charge is -2.43. The Kier molecular flexibility index (Phi) is 3.10. The van der Waals surface area contributed by atoms with Crippen LogP contribution in [0.15, 0.2) is 0 Å². The summed E-state index contributed by atoms with van der Waals surface area (Å²) in [5, 5.41) is 0. The highest BCUT2D eigenvalue weighted by molar-refractivity contribution is 4.88. The second kappa shape index (κ2) is 4.17. The van der Waals surface area contributed by atoms with E-state index in [-0.39, 0.29) is 12.1 Å². The molecule has 2 aliphatic rings. The van der Waals surface area contributed by atoms with Crippen LogP contribution in [0.4, 0.5) is 0 Å². The fraction of sp³-hybridized carbons (Fsp3) is 1.00. The van der Waals surface area contributed by atoms with Gasteiger partial charge >= 0.3 is 0 Å². The summed E-state index contributed by atoms with van der Waals surface area (Å²) in [7, 11) is 0. The molecule has 14 heavy (non-hydrogen) atoms. The maximum Gasteiger partial charge on any atom is 0.0723 e. The molecule has 0 aliphatic carbocycles. The topological polar surface area (TPSA) is 44.5 Å². The molecular formula is C11H21NO2. The largest absolute Gasteiger partial charge is 0.381 e. The lowest BCUT2D eigenvalue weighted by molar-refractivity contribution is -0.109. The van der Waals surface area contributed by atoms with Crippen molar-refractivity contribution in [2.75, 3.05) is 19.8 Å². The molecule has 2 heterocycles. The summed E-state index contributed by atoms with van der Waals surface area (Å²) in [6, 6.07) is 0.173. The summed E-state index contributed by atoms with van der Waals surface area (Å²) in [6.45, 7) is 4.74. The molecule has 2 saturated heterocycles. The second-order valence-electron chi connectivity index (χ2n) is 4.86. The van der Waals surface area contributed by atoms with Gasteiger partial charge < -0.3 is 15.2 Å². The maximum absolute atomic E-state index is 5.85. The summed E-state index contributed by atoms with van der Waals surface area (Å²) in [4.78, 5) is 0. The molecule has 3 heteroatoms. The van der Waals surface area contributed by atoms with E-state index in [4.69, 9.17) is 15.2 Å². The van der Waals surface area contributed by atoms with Crippen molar-refractivity contribution in [1.82, 2.24) is 0 Å². The number of rotatable bonds is 1. The van der Waals surface area contributed by atoms with Gasteiger partial charge in [0.25, 0.3) is 0 Å². The number of hydrogen-bond donors (Lipinski definition) is 1. The average molecular weight is 199 g/mol. The summed E-state index contributed by atoms with van der Waals surface area (Å²) in [5.41, 5.74) is 6.26. The van der Waals surface area contributed by atoms with E-state index in [1.54, 1.807) is 0 Å². The molecule has 2 N–H and O–H groups in total. The Morgan fingerprint density at radius 3 is 2.50 bits per heavy atom. The van der Waals surface area contributed by atoms with Crippen molar-refractivity contribution in [1.29, 1.82) is 0 Å². The molecule has 0 saturated carbocycles. The van der Waals surface area contributed by atoms with Gasteiger partial charge in [0.15, 0.2) is 0 Å². The third kappa shape index (κ3) is 2.10. The van der Waals surface area contributed by atoms with E-state index in [2.05, 4.69) is 0 Å². The highest BCUT2D eigenvalue weighted by Crippen LogP contribution is 2.40. The van der Waals surface area contributed by atoms with Crippen LogP contribution in [0.3, 0.4) is 0 Å².